The Morgan fingerprint density at radius 1 is 0.966 bits per heavy atom. The first-order valence-electron chi connectivity index (χ1n) is 8.74. The minimum Gasteiger partial charge on any atom is -0.402 e. The highest BCUT2D eigenvalue weighted by Gasteiger charge is 2.23. The van der Waals surface area contributed by atoms with Gasteiger partial charge in [0.05, 0.1) is 10.5 Å². The predicted octanol–water partition coefficient (Wildman–Crippen LogP) is 3.38. The van der Waals surface area contributed by atoms with Gasteiger partial charge in [0, 0.05) is 6.07 Å². The number of esters is 1. The van der Waals surface area contributed by atoms with Crippen LogP contribution in [0.3, 0.4) is 0 Å². The summed E-state index contributed by atoms with van der Waals surface area (Å²) in [6, 6.07) is 20.2. The van der Waals surface area contributed by atoms with Crippen LogP contribution in [0.2, 0.25) is 0 Å². The Balaban J connectivity index is 1.67. The second-order valence-electron chi connectivity index (χ2n) is 6.47. The van der Waals surface area contributed by atoms with Gasteiger partial charge in [-0.05, 0) is 41.5 Å². The summed E-state index contributed by atoms with van der Waals surface area (Å²) in [6.07, 6.45) is 0. The van der Waals surface area contributed by atoms with Crippen molar-refractivity contribution < 1.29 is 17.9 Å². The fourth-order valence-corrected chi connectivity index (χ4v) is 4.21. The van der Waals surface area contributed by atoms with Gasteiger partial charge < -0.3 is 10.5 Å². The molecule has 0 atom stereocenters. The number of nitrogen functional groups attached to an aromatic ring is 1. The van der Waals surface area contributed by atoms with Crippen molar-refractivity contribution in [2.75, 3.05) is 5.73 Å². The molecule has 0 saturated carbocycles. The topological polar surface area (TPSA) is 104 Å². The van der Waals surface area contributed by atoms with E-state index in [1.165, 1.54) is 12.1 Å². The molecular formula is C21H17N3O4S. The van der Waals surface area contributed by atoms with Crippen LogP contribution in [0.5, 0.6) is 5.88 Å². The lowest BCUT2D eigenvalue weighted by atomic mass is 10.1. The van der Waals surface area contributed by atoms with Crippen LogP contribution in [0.25, 0.3) is 10.8 Å². The Labute approximate surface area is 167 Å². The number of fused-ring (bicyclic) bond motifs is 1. The van der Waals surface area contributed by atoms with E-state index in [0.29, 0.717) is 9.65 Å². The highest BCUT2D eigenvalue weighted by molar-refractivity contribution is 7.90. The summed E-state index contributed by atoms with van der Waals surface area (Å²) in [4.78, 5) is 12.4. The normalized spacial score (nSPS) is 11.5. The van der Waals surface area contributed by atoms with Crippen LogP contribution in [0.4, 0.5) is 5.82 Å². The number of nitrogens with zero attached hydrogens (tertiary/aromatic N) is 2. The standard InChI is InChI=1S/C21H17N3O4S/c1-14-6-2-5-9-18(14)21(25)28-20-13-19(22)24(23-20)29(26,27)17-11-10-15-7-3-4-8-16(15)12-17/h2-13H,22H2,1H3. The van der Waals surface area contributed by atoms with Crippen molar-refractivity contribution in [3.63, 3.8) is 0 Å². The second-order valence-corrected chi connectivity index (χ2v) is 8.24. The number of benzene rings is 3. The summed E-state index contributed by atoms with van der Waals surface area (Å²) in [5, 5.41) is 5.57. The van der Waals surface area contributed by atoms with Crippen molar-refractivity contribution in [1.29, 1.82) is 0 Å². The van der Waals surface area contributed by atoms with E-state index in [1.54, 1.807) is 43.3 Å². The number of carbonyl (C=O) groups excluding carboxylic acids is 1. The first kappa shape index (κ1) is 18.7. The average molecular weight is 407 g/mol. The summed E-state index contributed by atoms with van der Waals surface area (Å²) in [5.41, 5.74) is 6.94. The third-order valence-electron chi connectivity index (χ3n) is 4.49. The third-order valence-corrected chi connectivity index (χ3v) is 6.09. The molecule has 2 N–H and O–H groups in total. The molecule has 7 nitrogen and oxygen atoms in total. The molecule has 4 rings (SSSR count). The van der Waals surface area contributed by atoms with Gasteiger partial charge in [0.1, 0.15) is 5.82 Å². The van der Waals surface area contributed by atoms with Gasteiger partial charge in [-0.15, -0.1) is 9.19 Å². The molecule has 4 aromatic rings. The number of hydrogen-bond donors (Lipinski definition) is 1. The summed E-state index contributed by atoms with van der Waals surface area (Å²) in [7, 11) is -4.06. The SMILES string of the molecule is Cc1ccccc1C(=O)Oc1cc(N)n(S(=O)(=O)c2ccc3ccccc3c2)n1. The highest BCUT2D eigenvalue weighted by atomic mass is 32.2. The minimum atomic E-state index is -4.06. The maximum atomic E-state index is 13.0. The average Bonchev–Trinajstić information content (AvgIpc) is 3.08. The molecule has 8 heteroatoms. The minimum absolute atomic E-state index is 0.0304. The van der Waals surface area contributed by atoms with Crippen molar-refractivity contribution >= 4 is 32.6 Å². The molecule has 0 radical (unpaired) electrons. The van der Waals surface area contributed by atoms with E-state index < -0.39 is 16.0 Å². The van der Waals surface area contributed by atoms with Gasteiger partial charge in [-0.1, -0.05) is 48.5 Å². The van der Waals surface area contributed by atoms with Crippen molar-refractivity contribution in [3.8, 4) is 5.88 Å². The van der Waals surface area contributed by atoms with E-state index in [4.69, 9.17) is 10.5 Å². The van der Waals surface area contributed by atoms with Crippen molar-refractivity contribution in [2.24, 2.45) is 0 Å². The molecule has 146 valence electrons. The first-order chi connectivity index (χ1) is 13.9. The highest BCUT2D eigenvalue weighted by Crippen LogP contribution is 2.25. The van der Waals surface area contributed by atoms with E-state index in [2.05, 4.69) is 5.10 Å². The van der Waals surface area contributed by atoms with Crippen LogP contribution in [-0.2, 0) is 10.0 Å². The number of anilines is 1. The van der Waals surface area contributed by atoms with Gasteiger partial charge in [0.15, 0.2) is 0 Å². The molecular weight excluding hydrogens is 390 g/mol. The Morgan fingerprint density at radius 2 is 1.66 bits per heavy atom. The van der Waals surface area contributed by atoms with Gasteiger partial charge in [0.2, 0.25) is 5.88 Å². The maximum absolute atomic E-state index is 13.0. The van der Waals surface area contributed by atoms with Crippen molar-refractivity contribution in [2.45, 2.75) is 11.8 Å². The lowest BCUT2D eigenvalue weighted by Crippen LogP contribution is -2.17. The van der Waals surface area contributed by atoms with Crippen molar-refractivity contribution in [3.05, 3.63) is 83.9 Å². The first-order valence-corrected chi connectivity index (χ1v) is 10.2. The fraction of sp³-hybridized carbons (Fsp3) is 0.0476. The smallest absolute Gasteiger partial charge is 0.345 e. The zero-order valence-corrected chi connectivity index (χ0v) is 16.3. The van der Waals surface area contributed by atoms with E-state index >= 15 is 0 Å². The molecule has 0 bridgehead atoms. The van der Waals surface area contributed by atoms with E-state index in [9.17, 15) is 13.2 Å². The Morgan fingerprint density at radius 3 is 2.41 bits per heavy atom. The number of aryl methyl sites for hydroxylation is 1. The molecule has 0 spiro atoms. The summed E-state index contributed by atoms with van der Waals surface area (Å²) >= 11 is 0. The molecule has 1 aromatic heterocycles. The third kappa shape index (κ3) is 3.45. The van der Waals surface area contributed by atoms with Crippen LogP contribution in [0.1, 0.15) is 15.9 Å². The second kappa shape index (κ2) is 7.06. The largest absolute Gasteiger partial charge is 0.402 e. The lowest BCUT2D eigenvalue weighted by molar-refractivity contribution is 0.0726. The van der Waals surface area contributed by atoms with Crippen LogP contribution in [0, 0.1) is 6.92 Å². The van der Waals surface area contributed by atoms with Crippen molar-refractivity contribution in [1.82, 2.24) is 9.19 Å². The predicted molar refractivity (Wildman–Crippen MR) is 109 cm³/mol. The maximum Gasteiger partial charge on any atom is 0.345 e. The van der Waals surface area contributed by atoms with E-state index in [-0.39, 0.29) is 16.6 Å². The van der Waals surface area contributed by atoms with Crippen LogP contribution < -0.4 is 10.5 Å². The molecule has 0 aliphatic heterocycles. The fourth-order valence-electron chi connectivity index (χ4n) is 2.98. The Bertz CT molecular complexity index is 1340. The van der Waals surface area contributed by atoms with Crippen LogP contribution >= 0.6 is 0 Å². The molecule has 0 aliphatic carbocycles. The van der Waals surface area contributed by atoms with Gasteiger partial charge in [-0.25, -0.2) is 4.79 Å². The molecule has 29 heavy (non-hydrogen) atoms. The quantitative estimate of drug-likeness (QED) is 0.520. The zero-order chi connectivity index (χ0) is 20.6. The number of nitrogens with two attached hydrogens (primary N) is 1. The summed E-state index contributed by atoms with van der Waals surface area (Å²) < 4.78 is 31.9. The Kier molecular flexibility index (Phi) is 4.56. The molecule has 0 aliphatic rings. The molecule has 3 aromatic carbocycles. The molecule has 0 unspecified atom stereocenters. The number of ether oxygens (including phenoxy) is 1. The van der Waals surface area contributed by atoms with E-state index in [1.807, 2.05) is 24.3 Å². The summed E-state index contributed by atoms with van der Waals surface area (Å²) in [6.45, 7) is 1.77. The number of rotatable bonds is 4. The monoisotopic (exact) mass is 407 g/mol. The van der Waals surface area contributed by atoms with E-state index in [0.717, 1.165) is 16.3 Å². The number of carbonyl (C=O) groups is 1. The molecule has 0 saturated heterocycles. The van der Waals surface area contributed by atoms with Crippen LogP contribution in [-0.4, -0.2) is 23.6 Å². The molecule has 0 fully saturated rings. The number of hydrogen-bond acceptors (Lipinski definition) is 6. The summed E-state index contributed by atoms with van der Waals surface area (Å²) in [5.74, 6) is -0.998. The number of aromatic nitrogens is 2. The van der Waals surface area contributed by atoms with Gasteiger partial charge in [-0.3, -0.25) is 0 Å². The van der Waals surface area contributed by atoms with Gasteiger partial charge in [0.25, 0.3) is 10.0 Å². The Hall–Kier alpha value is -3.65. The molecule has 0 amide bonds. The van der Waals surface area contributed by atoms with Gasteiger partial charge >= 0.3 is 5.97 Å². The van der Waals surface area contributed by atoms with Crippen LogP contribution in [0.15, 0.2) is 77.7 Å². The zero-order valence-electron chi connectivity index (χ0n) is 15.4. The molecule has 1 heterocycles. The van der Waals surface area contributed by atoms with Gasteiger partial charge in [-0.2, -0.15) is 8.42 Å². The lowest BCUT2D eigenvalue weighted by Gasteiger charge is -2.07.